The molecule has 0 saturated heterocycles. The van der Waals surface area contributed by atoms with Crippen molar-refractivity contribution in [2.75, 3.05) is 0 Å². The molecule has 0 aromatic heterocycles. The van der Waals surface area contributed by atoms with Crippen molar-refractivity contribution in [3.63, 3.8) is 0 Å². The molecule has 0 heterocycles. The molecule has 1 unspecified atom stereocenters. The molecule has 18 heavy (non-hydrogen) atoms. The number of ketones is 1. The molecule has 0 spiro atoms. The maximum Gasteiger partial charge on any atom is 0.314 e. The molecular formula is C15H28O3. The van der Waals surface area contributed by atoms with Gasteiger partial charge in [0.25, 0.3) is 0 Å². The highest BCUT2D eigenvalue weighted by atomic mass is 16.4. The summed E-state index contributed by atoms with van der Waals surface area (Å²) in [6.07, 6.45) is 11.4. The predicted molar refractivity (Wildman–Crippen MR) is 73.7 cm³/mol. The van der Waals surface area contributed by atoms with E-state index in [1.165, 1.54) is 45.4 Å². The predicted octanol–water partition coefficient (Wildman–Crippen LogP) is 4.20. The minimum Gasteiger partial charge on any atom is -0.481 e. The molecule has 1 N–H and O–H groups in total. The Morgan fingerprint density at radius 2 is 1.33 bits per heavy atom. The number of aliphatic carboxylic acids is 1. The van der Waals surface area contributed by atoms with Gasteiger partial charge in [-0.15, -0.1) is 0 Å². The van der Waals surface area contributed by atoms with E-state index in [9.17, 15) is 9.59 Å². The van der Waals surface area contributed by atoms with Gasteiger partial charge in [-0.25, -0.2) is 0 Å². The molecule has 0 fully saturated rings. The third-order valence-corrected chi connectivity index (χ3v) is 3.39. The molecule has 0 amide bonds. The lowest BCUT2D eigenvalue weighted by Crippen LogP contribution is -2.21. The van der Waals surface area contributed by atoms with E-state index in [0.717, 1.165) is 19.3 Å². The van der Waals surface area contributed by atoms with Crippen LogP contribution in [-0.4, -0.2) is 16.9 Å². The van der Waals surface area contributed by atoms with E-state index in [2.05, 4.69) is 6.92 Å². The summed E-state index contributed by atoms with van der Waals surface area (Å²) in [6, 6.07) is 0. The molecule has 0 aliphatic heterocycles. The topological polar surface area (TPSA) is 54.4 Å². The van der Waals surface area contributed by atoms with Gasteiger partial charge in [-0.2, -0.15) is 0 Å². The van der Waals surface area contributed by atoms with Crippen molar-refractivity contribution in [2.45, 2.75) is 78.1 Å². The first-order valence-electron chi connectivity index (χ1n) is 7.32. The van der Waals surface area contributed by atoms with Crippen LogP contribution in [0.2, 0.25) is 0 Å². The fraction of sp³-hybridized carbons (Fsp3) is 0.867. The highest BCUT2D eigenvalue weighted by molar-refractivity contribution is 5.96. The Morgan fingerprint density at radius 3 is 1.72 bits per heavy atom. The summed E-state index contributed by atoms with van der Waals surface area (Å²) in [5.41, 5.74) is 0. The van der Waals surface area contributed by atoms with Crippen molar-refractivity contribution < 1.29 is 14.7 Å². The zero-order chi connectivity index (χ0) is 13.8. The van der Waals surface area contributed by atoms with Gasteiger partial charge in [0, 0.05) is 0 Å². The Bertz CT molecular complexity index is 222. The van der Waals surface area contributed by atoms with E-state index in [0.29, 0.717) is 6.42 Å². The van der Waals surface area contributed by atoms with Crippen LogP contribution in [0.15, 0.2) is 0 Å². The van der Waals surface area contributed by atoms with E-state index in [-0.39, 0.29) is 5.78 Å². The van der Waals surface area contributed by atoms with E-state index < -0.39 is 11.9 Å². The number of carbonyl (C=O) groups is 2. The molecule has 0 aromatic rings. The molecule has 3 heteroatoms. The molecule has 0 aliphatic rings. The second kappa shape index (κ2) is 11.2. The van der Waals surface area contributed by atoms with Gasteiger partial charge >= 0.3 is 5.97 Å². The van der Waals surface area contributed by atoms with Crippen LogP contribution in [0.1, 0.15) is 78.1 Å². The second-order valence-electron chi connectivity index (χ2n) is 5.12. The van der Waals surface area contributed by atoms with Crippen LogP contribution in [0, 0.1) is 5.92 Å². The van der Waals surface area contributed by atoms with Gasteiger partial charge in [-0.1, -0.05) is 64.7 Å². The average molecular weight is 256 g/mol. The second-order valence-corrected chi connectivity index (χ2v) is 5.12. The van der Waals surface area contributed by atoms with Crippen LogP contribution in [0.25, 0.3) is 0 Å². The maximum atomic E-state index is 11.1. The van der Waals surface area contributed by atoms with E-state index in [1.807, 2.05) is 0 Å². The fourth-order valence-electron chi connectivity index (χ4n) is 2.16. The molecule has 0 saturated carbocycles. The summed E-state index contributed by atoms with van der Waals surface area (Å²) in [5, 5.41) is 8.85. The minimum absolute atomic E-state index is 0.220. The summed E-state index contributed by atoms with van der Waals surface area (Å²) in [6.45, 7) is 3.58. The van der Waals surface area contributed by atoms with Gasteiger partial charge in [0.05, 0.1) is 0 Å². The van der Waals surface area contributed by atoms with Crippen LogP contribution in [0.5, 0.6) is 0 Å². The van der Waals surface area contributed by atoms with Gasteiger partial charge in [-0.3, -0.25) is 9.59 Å². The molecule has 0 aliphatic carbocycles. The van der Waals surface area contributed by atoms with Crippen LogP contribution in [-0.2, 0) is 9.59 Å². The highest BCUT2D eigenvalue weighted by Gasteiger charge is 2.21. The largest absolute Gasteiger partial charge is 0.481 e. The summed E-state index contributed by atoms with van der Waals surface area (Å²) < 4.78 is 0. The van der Waals surface area contributed by atoms with Crippen molar-refractivity contribution in [1.82, 2.24) is 0 Å². The monoisotopic (exact) mass is 256 g/mol. The third kappa shape index (κ3) is 9.20. The molecule has 3 nitrogen and oxygen atoms in total. The molecule has 1 atom stereocenters. The first-order chi connectivity index (χ1) is 8.59. The number of carboxylic acid groups (broad SMARTS) is 1. The Morgan fingerprint density at radius 1 is 0.889 bits per heavy atom. The third-order valence-electron chi connectivity index (χ3n) is 3.39. The Hall–Kier alpha value is -0.860. The van der Waals surface area contributed by atoms with Crippen LogP contribution < -0.4 is 0 Å². The molecule has 0 radical (unpaired) electrons. The number of hydrogen-bond donors (Lipinski definition) is 1. The number of hydrogen-bond acceptors (Lipinski definition) is 2. The summed E-state index contributed by atoms with van der Waals surface area (Å²) in [7, 11) is 0. The molecule has 0 aromatic carbocycles. The van der Waals surface area contributed by atoms with E-state index in [1.54, 1.807) is 0 Å². The van der Waals surface area contributed by atoms with Gasteiger partial charge in [0.2, 0.25) is 0 Å². The molecule has 0 rings (SSSR count). The number of carbonyl (C=O) groups excluding carboxylic acids is 1. The quantitative estimate of drug-likeness (QED) is 0.420. The van der Waals surface area contributed by atoms with Crippen LogP contribution in [0.4, 0.5) is 0 Å². The van der Waals surface area contributed by atoms with Gasteiger partial charge in [-0.05, 0) is 13.3 Å². The Kier molecular flexibility index (Phi) is 10.7. The zero-order valence-corrected chi connectivity index (χ0v) is 11.9. The summed E-state index contributed by atoms with van der Waals surface area (Å²) in [4.78, 5) is 21.9. The molecular weight excluding hydrogens is 228 g/mol. The van der Waals surface area contributed by atoms with Crippen molar-refractivity contribution >= 4 is 11.8 Å². The lowest BCUT2D eigenvalue weighted by atomic mass is 9.97. The Labute approximate surface area is 111 Å². The van der Waals surface area contributed by atoms with Crippen LogP contribution >= 0.6 is 0 Å². The van der Waals surface area contributed by atoms with Crippen molar-refractivity contribution in [3.05, 3.63) is 0 Å². The van der Waals surface area contributed by atoms with Crippen molar-refractivity contribution in [2.24, 2.45) is 5.92 Å². The average Bonchev–Trinajstić information content (AvgIpc) is 2.30. The van der Waals surface area contributed by atoms with Crippen LogP contribution in [0.3, 0.4) is 0 Å². The molecule has 106 valence electrons. The number of Topliss-reactive ketones (excluding diaryl/α,β-unsaturated/α-hetero) is 1. The fourth-order valence-corrected chi connectivity index (χ4v) is 2.16. The SMILES string of the molecule is CCCCCCCCCCCC(C(C)=O)C(=O)O. The Balaban J connectivity index is 3.39. The zero-order valence-electron chi connectivity index (χ0n) is 11.9. The standard InChI is InChI=1S/C15H28O3/c1-3-4-5-6-7-8-9-10-11-12-14(13(2)16)15(17)18/h14H,3-12H2,1-2H3,(H,17,18). The lowest BCUT2D eigenvalue weighted by molar-refractivity contribution is -0.146. The minimum atomic E-state index is -0.970. The number of carboxylic acids is 1. The first-order valence-corrected chi connectivity index (χ1v) is 7.32. The summed E-state index contributed by atoms with van der Waals surface area (Å²) in [5.74, 6) is -1.97. The molecule has 0 bridgehead atoms. The highest BCUT2D eigenvalue weighted by Crippen LogP contribution is 2.14. The van der Waals surface area contributed by atoms with E-state index in [4.69, 9.17) is 5.11 Å². The van der Waals surface area contributed by atoms with Gasteiger partial charge in [0.1, 0.15) is 11.7 Å². The number of rotatable bonds is 12. The van der Waals surface area contributed by atoms with Gasteiger partial charge < -0.3 is 5.11 Å². The summed E-state index contributed by atoms with van der Waals surface area (Å²) >= 11 is 0. The lowest BCUT2D eigenvalue weighted by Gasteiger charge is -2.08. The van der Waals surface area contributed by atoms with Crippen molar-refractivity contribution in [3.8, 4) is 0 Å². The van der Waals surface area contributed by atoms with E-state index >= 15 is 0 Å². The van der Waals surface area contributed by atoms with Gasteiger partial charge in [0.15, 0.2) is 0 Å². The first kappa shape index (κ1) is 17.1. The van der Waals surface area contributed by atoms with Crippen molar-refractivity contribution in [1.29, 1.82) is 0 Å². The smallest absolute Gasteiger partial charge is 0.314 e. The normalized spacial score (nSPS) is 12.3. The maximum absolute atomic E-state index is 11.1. The number of unbranched alkanes of at least 4 members (excludes halogenated alkanes) is 8.